The van der Waals surface area contributed by atoms with E-state index >= 15 is 0 Å². The standard InChI is InChI=1S/C14H20N2O2S.C5H9NO/c17-11-15-13(9-5-2-6-10-19)14(18)16-12-7-3-1-4-8-12;7-5-3-1-2-4-6-5/h1,3-4,7-8,11,13,19H,2,5-6,9-10H2,(H,15,17)(H,16,18);1-4H2,(H,6,7). The number of piperidine rings is 1. The fourth-order valence-electron chi connectivity index (χ4n) is 2.49. The summed E-state index contributed by atoms with van der Waals surface area (Å²) in [5, 5.41) is 8.10. The summed E-state index contributed by atoms with van der Waals surface area (Å²) >= 11 is 4.14. The maximum Gasteiger partial charge on any atom is 0.246 e. The lowest BCUT2D eigenvalue weighted by atomic mass is 10.1. The van der Waals surface area contributed by atoms with Crippen molar-refractivity contribution in [2.45, 2.75) is 51.0 Å². The quantitative estimate of drug-likeness (QED) is 0.302. The van der Waals surface area contributed by atoms with Gasteiger partial charge in [0.15, 0.2) is 0 Å². The first-order valence-electron chi connectivity index (χ1n) is 9.10. The van der Waals surface area contributed by atoms with Crippen molar-refractivity contribution in [3.05, 3.63) is 30.3 Å². The first kappa shape index (κ1) is 22.0. The molecular weight excluding hydrogens is 350 g/mol. The molecule has 3 N–H and O–H groups in total. The molecular formula is C19H29N3O3S. The lowest BCUT2D eigenvalue weighted by molar-refractivity contribution is -0.122. The highest BCUT2D eigenvalue weighted by Crippen LogP contribution is 2.09. The Morgan fingerprint density at radius 2 is 1.96 bits per heavy atom. The van der Waals surface area contributed by atoms with Gasteiger partial charge in [0, 0.05) is 18.7 Å². The van der Waals surface area contributed by atoms with E-state index in [0.29, 0.717) is 12.8 Å². The highest BCUT2D eigenvalue weighted by atomic mass is 32.1. The molecule has 144 valence electrons. The maximum absolute atomic E-state index is 12.0. The third-order valence-electron chi connectivity index (χ3n) is 3.93. The molecule has 1 aromatic carbocycles. The Morgan fingerprint density at radius 3 is 2.50 bits per heavy atom. The van der Waals surface area contributed by atoms with E-state index < -0.39 is 6.04 Å². The lowest BCUT2D eigenvalue weighted by Gasteiger charge is -2.15. The molecule has 1 aliphatic heterocycles. The van der Waals surface area contributed by atoms with Crippen LogP contribution in [0.1, 0.15) is 44.9 Å². The van der Waals surface area contributed by atoms with E-state index in [9.17, 15) is 14.4 Å². The van der Waals surface area contributed by atoms with Crippen LogP contribution in [0.15, 0.2) is 30.3 Å². The van der Waals surface area contributed by atoms with Crippen LogP contribution in [0.4, 0.5) is 5.69 Å². The summed E-state index contributed by atoms with van der Waals surface area (Å²) in [5.74, 6) is 0.887. The first-order chi connectivity index (χ1) is 12.7. The number of para-hydroxylation sites is 1. The van der Waals surface area contributed by atoms with Crippen molar-refractivity contribution in [2.24, 2.45) is 0 Å². The van der Waals surface area contributed by atoms with E-state index in [1.807, 2.05) is 30.3 Å². The number of carbonyl (C=O) groups excluding carboxylic acids is 3. The van der Waals surface area contributed by atoms with E-state index in [1.54, 1.807) is 0 Å². The van der Waals surface area contributed by atoms with Gasteiger partial charge < -0.3 is 16.0 Å². The minimum absolute atomic E-state index is 0.177. The van der Waals surface area contributed by atoms with E-state index in [2.05, 4.69) is 28.6 Å². The van der Waals surface area contributed by atoms with E-state index in [0.717, 1.165) is 56.5 Å². The van der Waals surface area contributed by atoms with Gasteiger partial charge >= 0.3 is 0 Å². The summed E-state index contributed by atoms with van der Waals surface area (Å²) in [6.45, 7) is 0.888. The Kier molecular flexibility index (Phi) is 12.0. The van der Waals surface area contributed by atoms with Crippen molar-refractivity contribution in [1.82, 2.24) is 10.6 Å². The minimum atomic E-state index is -0.474. The highest BCUT2D eigenvalue weighted by molar-refractivity contribution is 7.80. The lowest BCUT2D eigenvalue weighted by Crippen LogP contribution is -2.39. The molecule has 0 bridgehead atoms. The summed E-state index contributed by atoms with van der Waals surface area (Å²) in [4.78, 5) is 32.9. The molecule has 1 unspecified atom stereocenters. The minimum Gasteiger partial charge on any atom is -0.356 e. The van der Waals surface area contributed by atoms with Crippen LogP contribution < -0.4 is 16.0 Å². The molecule has 1 atom stereocenters. The zero-order valence-corrected chi connectivity index (χ0v) is 16.0. The summed E-state index contributed by atoms with van der Waals surface area (Å²) in [6, 6.07) is 8.74. The zero-order valence-electron chi connectivity index (χ0n) is 15.1. The second-order valence-electron chi connectivity index (χ2n) is 6.07. The smallest absolute Gasteiger partial charge is 0.246 e. The van der Waals surface area contributed by atoms with Crippen molar-refractivity contribution < 1.29 is 14.4 Å². The fraction of sp³-hybridized carbons (Fsp3) is 0.526. The normalized spacial score (nSPS) is 14.3. The van der Waals surface area contributed by atoms with Gasteiger partial charge in [-0.3, -0.25) is 14.4 Å². The maximum atomic E-state index is 12.0. The summed E-state index contributed by atoms with van der Waals surface area (Å²) in [5.41, 5.74) is 0.737. The van der Waals surface area contributed by atoms with Gasteiger partial charge in [0.25, 0.3) is 0 Å². The number of thiol groups is 1. The van der Waals surface area contributed by atoms with E-state index in [1.165, 1.54) is 0 Å². The number of rotatable bonds is 9. The van der Waals surface area contributed by atoms with Crippen molar-refractivity contribution in [3.63, 3.8) is 0 Å². The number of nitrogens with one attached hydrogen (secondary N) is 3. The SMILES string of the molecule is O=C1CCCCN1.O=CNC(CCCCCS)C(=O)Nc1ccccc1. The Bertz CT molecular complexity index is 532. The number of unbranched alkanes of at least 4 members (excludes halogenated alkanes) is 2. The highest BCUT2D eigenvalue weighted by Gasteiger charge is 2.16. The molecule has 3 amide bonds. The average Bonchev–Trinajstić information content (AvgIpc) is 2.66. The van der Waals surface area contributed by atoms with Crippen LogP contribution in [0.2, 0.25) is 0 Å². The Hall–Kier alpha value is -2.02. The number of amides is 3. The predicted molar refractivity (Wildman–Crippen MR) is 107 cm³/mol. The van der Waals surface area contributed by atoms with Crippen LogP contribution in [0.3, 0.4) is 0 Å². The molecule has 2 rings (SSSR count). The topological polar surface area (TPSA) is 87.3 Å². The van der Waals surface area contributed by atoms with E-state index in [-0.39, 0.29) is 11.8 Å². The van der Waals surface area contributed by atoms with Gasteiger partial charge in [-0.15, -0.1) is 0 Å². The predicted octanol–water partition coefficient (Wildman–Crippen LogP) is 2.52. The molecule has 6 nitrogen and oxygen atoms in total. The van der Waals surface area contributed by atoms with Crippen molar-refractivity contribution in [2.75, 3.05) is 17.6 Å². The first-order valence-corrected chi connectivity index (χ1v) is 9.73. The second kappa shape index (κ2) is 14.2. The van der Waals surface area contributed by atoms with Crippen molar-refractivity contribution in [3.8, 4) is 0 Å². The Balaban J connectivity index is 0.000000401. The molecule has 0 spiro atoms. The fourth-order valence-corrected chi connectivity index (χ4v) is 2.71. The Labute approximate surface area is 160 Å². The molecule has 0 radical (unpaired) electrons. The number of benzene rings is 1. The summed E-state index contributed by atoms with van der Waals surface area (Å²) in [7, 11) is 0. The molecule has 1 heterocycles. The van der Waals surface area contributed by atoms with Gasteiger partial charge in [-0.2, -0.15) is 12.6 Å². The van der Waals surface area contributed by atoms with Crippen LogP contribution in [-0.4, -0.2) is 36.6 Å². The van der Waals surface area contributed by atoms with Crippen molar-refractivity contribution in [1.29, 1.82) is 0 Å². The number of carbonyl (C=O) groups is 3. The summed E-state index contributed by atoms with van der Waals surface area (Å²) in [6.07, 6.45) is 7.13. The molecule has 26 heavy (non-hydrogen) atoms. The molecule has 1 saturated heterocycles. The molecule has 1 fully saturated rings. The van der Waals surface area contributed by atoms with Crippen molar-refractivity contribution >= 4 is 36.5 Å². The Morgan fingerprint density at radius 1 is 1.19 bits per heavy atom. The number of anilines is 1. The number of hydrogen-bond donors (Lipinski definition) is 4. The molecule has 0 aromatic heterocycles. The molecule has 0 aliphatic carbocycles. The third kappa shape index (κ3) is 10.1. The van der Waals surface area contributed by atoms with Gasteiger partial charge in [0.1, 0.15) is 6.04 Å². The largest absolute Gasteiger partial charge is 0.356 e. The molecule has 1 aromatic rings. The van der Waals surface area contributed by atoms with Crippen LogP contribution >= 0.6 is 12.6 Å². The van der Waals surface area contributed by atoms with E-state index in [4.69, 9.17) is 0 Å². The van der Waals surface area contributed by atoms with Crippen LogP contribution in [0, 0.1) is 0 Å². The third-order valence-corrected chi connectivity index (χ3v) is 4.25. The zero-order chi connectivity index (χ0) is 19.0. The van der Waals surface area contributed by atoms with Gasteiger partial charge in [0.05, 0.1) is 0 Å². The molecule has 0 saturated carbocycles. The molecule has 7 heteroatoms. The van der Waals surface area contributed by atoms with Crippen LogP contribution in [0.25, 0.3) is 0 Å². The van der Waals surface area contributed by atoms with Crippen LogP contribution in [-0.2, 0) is 14.4 Å². The van der Waals surface area contributed by atoms with Gasteiger partial charge in [-0.1, -0.05) is 31.0 Å². The van der Waals surface area contributed by atoms with Gasteiger partial charge in [-0.25, -0.2) is 0 Å². The average molecular weight is 380 g/mol. The van der Waals surface area contributed by atoms with Crippen LogP contribution in [0.5, 0.6) is 0 Å². The van der Waals surface area contributed by atoms with Gasteiger partial charge in [-0.05, 0) is 43.6 Å². The number of hydrogen-bond acceptors (Lipinski definition) is 4. The second-order valence-corrected chi connectivity index (χ2v) is 6.52. The summed E-state index contributed by atoms with van der Waals surface area (Å²) < 4.78 is 0. The molecule has 1 aliphatic rings. The monoisotopic (exact) mass is 379 g/mol. The van der Waals surface area contributed by atoms with Gasteiger partial charge in [0.2, 0.25) is 18.2 Å².